The van der Waals surface area contributed by atoms with Gasteiger partial charge in [0.1, 0.15) is 0 Å². The molecule has 0 bridgehead atoms. The Kier molecular flexibility index (Phi) is 6.56. The molecule has 0 radical (unpaired) electrons. The van der Waals surface area contributed by atoms with Gasteiger partial charge in [-0.1, -0.05) is 64.2 Å². The first-order chi connectivity index (χ1) is 15.4. The first kappa shape index (κ1) is 23.4. The number of rotatable bonds is 4. The minimum Gasteiger partial charge on any atom is -0.300 e. The van der Waals surface area contributed by atoms with Crippen LogP contribution < -0.4 is 0 Å². The Hall–Kier alpha value is -2.75. The second-order valence-corrected chi connectivity index (χ2v) is 8.91. The van der Waals surface area contributed by atoms with Crippen molar-refractivity contribution in [2.24, 2.45) is 0 Å². The third-order valence-electron chi connectivity index (χ3n) is 5.57. The maximum Gasteiger partial charge on any atom is 2.00 e. The van der Waals surface area contributed by atoms with Crippen LogP contribution in [0.3, 0.4) is 0 Å². The number of hydrogen-bond donors (Lipinski definition) is 0. The van der Waals surface area contributed by atoms with E-state index in [1.165, 1.54) is 4.70 Å². The van der Waals surface area contributed by atoms with Gasteiger partial charge in [-0.05, 0) is 37.4 Å². The van der Waals surface area contributed by atoms with E-state index in [2.05, 4.69) is 28.6 Å². The zero-order valence-corrected chi connectivity index (χ0v) is 20.9. The molecule has 0 N–H and O–H groups in total. The molecule has 0 spiro atoms. The molecule has 0 amide bonds. The van der Waals surface area contributed by atoms with E-state index in [-0.39, 0.29) is 26.6 Å². The van der Waals surface area contributed by atoms with Gasteiger partial charge in [-0.25, -0.2) is 0 Å². The predicted octanol–water partition coefficient (Wildman–Crippen LogP) is 7.23. The van der Waals surface area contributed by atoms with Gasteiger partial charge in [0.05, 0.1) is 0 Å². The first-order valence-corrected chi connectivity index (χ1v) is 11.0. The number of benzene rings is 2. The Bertz CT molecular complexity index is 1450. The Labute approximate surface area is 209 Å². The molecule has 2 nitrogen and oxygen atoms in total. The van der Waals surface area contributed by atoms with Crippen molar-refractivity contribution >= 4 is 21.4 Å². The van der Waals surface area contributed by atoms with Gasteiger partial charge in [-0.3, -0.25) is 20.1 Å². The van der Waals surface area contributed by atoms with Gasteiger partial charge < -0.3 is 9.97 Å². The summed E-state index contributed by atoms with van der Waals surface area (Å²) in [5.74, 6) is -1.35. The molecule has 0 aliphatic carbocycles. The van der Waals surface area contributed by atoms with E-state index in [9.17, 15) is 8.78 Å². The van der Waals surface area contributed by atoms with Crippen LogP contribution in [0.5, 0.6) is 0 Å². The number of nitrogens with zero attached hydrogens (tertiary/aromatic N) is 2. The quantitative estimate of drug-likeness (QED) is 0.195. The van der Waals surface area contributed by atoms with Crippen molar-refractivity contribution < 1.29 is 29.8 Å². The Morgan fingerprint density at radius 3 is 2.12 bits per heavy atom. The Morgan fingerprint density at radius 2 is 1.45 bits per heavy atom. The van der Waals surface area contributed by atoms with Gasteiger partial charge in [-0.15, -0.1) is 29.1 Å². The van der Waals surface area contributed by atoms with Crippen LogP contribution in [-0.2, 0) is 26.5 Å². The van der Waals surface area contributed by atoms with Crippen LogP contribution in [0.25, 0.3) is 32.6 Å². The summed E-state index contributed by atoms with van der Waals surface area (Å²) in [6, 6.07) is 24.2. The summed E-state index contributed by atoms with van der Waals surface area (Å²) in [6.45, 7) is 4.07. The van der Waals surface area contributed by atoms with Crippen LogP contribution in [0.1, 0.15) is 25.2 Å². The molecule has 5 rings (SSSR count). The topological polar surface area (TPSA) is 25.8 Å². The fourth-order valence-corrected chi connectivity index (χ4v) is 4.58. The SMILES string of the molecule is CC(C)(c1cccc(-c2[c-]cc(F)cc2F)n1)c1cccc(-c2[c-]sc3ccccc23)n1.[Pt+2]. The molecular weight excluding hydrogens is 617 g/mol. The number of pyridine rings is 2. The van der Waals surface area contributed by atoms with Crippen molar-refractivity contribution in [3.63, 3.8) is 0 Å². The normalized spacial score (nSPS) is 11.4. The molecule has 2 aromatic carbocycles. The average Bonchev–Trinajstić information content (AvgIpc) is 3.23. The largest absolute Gasteiger partial charge is 2.00 e. The molecular formula is C27H18F2N2PtS. The van der Waals surface area contributed by atoms with Crippen LogP contribution in [0, 0.1) is 23.1 Å². The summed E-state index contributed by atoms with van der Waals surface area (Å²) in [6.07, 6.45) is 0. The van der Waals surface area contributed by atoms with E-state index >= 15 is 0 Å². The van der Waals surface area contributed by atoms with Crippen LogP contribution >= 0.6 is 11.3 Å². The van der Waals surface area contributed by atoms with Crippen molar-refractivity contribution in [2.45, 2.75) is 19.3 Å². The molecule has 3 aromatic heterocycles. The van der Waals surface area contributed by atoms with Gasteiger partial charge >= 0.3 is 21.1 Å². The van der Waals surface area contributed by atoms with E-state index in [0.717, 1.165) is 40.2 Å². The minimum absolute atomic E-state index is 0. The van der Waals surface area contributed by atoms with Crippen molar-refractivity contribution in [3.05, 3.63) is 107 Å². The summed E-state index contributed by atoms with van der Waals surface area (Å²) < 4.78 is 28.8. The van der Waals surface area contributed by atoms with Crippen molar-refractivity contribution in [1.82, 2.24) is 9.97 Å². The third-order valence-corrected chi connectivity index (χ3v) is 6.45. The monoisotopic (exact) mass is 635 g/mol. The number of fused-ring (bicyclic) bond motifs is 1. The number of halogens is 2. The van der Waals surface area contributed by atoms with Crippen molar-refractivity contribution in [3.8, 4) is 22.5 Å². The summed E-state index contributed by atoms with van der Waals surface area (Å²) >= 11 is 1.58. The van der Waals surface area contributed by atoms with Crippen LogP contribution in [0.15, 0.2) is 72.8 Å². The molecule has 33 heavy (non-hydrogen) atoms. The third kappa shape index (κ3) is 4.40. The maximum atomic E-state index is 14.3. The standard InChI is InChI=1S/C27H18F2N2S.Pt/c1-27(2,25-11-5-8-22(30-25)19-14-13-17(28)15-21(19)29)26-12-6-9-23(31-26)20-16-32-24-10-4-3-7-18(20)24;/h3-13,15H,1-2H3;/q-2;+2. The van der Waals surface area contributed by atoms with E-state index in [1.807, 2.05) is 56.3 Å². The number of aromatic nitrogens is 2. The predicted molar refractivity (Wildman–Crippen MR) is 124 cm³/mol. The summed E-state index contributed by atoms with van der Waals surface area (Å²) in [7, 11) is 0. The van der Waals surface area contributed by atoms with E-state index in [1.54, 1.807) is 17.4 Å². The fraction of sp³-hybridized carbons (Fsp3) is 0.111. The molecule has 0 aliphatic heterocycles. The molecule has 0 saturated carbocycles. The molecule has 3 heterocycles. The van der Waals surface area contributed by atoms with Crippen LogP contribution in [0.2, 0.25) is 0 Å². The van der Waals surface area contributed by atoms with Crippen LogP contribution in [0.4, 0.5) is 8.78 Å². The average molecular weight is 636 g/mol. The van der Waals surface area contributed by atoms with Crippen molar-refractivity contribution in [2.75, 3.05) is 0 Å². The fourth-order valence-electron chi connectivity index (χ4n) is 3.73. The van der Waals surface area contributed by atoms with Crippen molar-refractivity contribution in [1.29, 1.82) is 0 Å². The van der Waals surface area contributed by atoms with E-state index < -0.39 is 17.0 Å². The number of hydrogen-bond acceptors (Lipinski definition) is 3. The molecule has 0 unspecified atom stereocenters. The Morgan fingerprint density at radius 1 is 0.818 bits per heavy atom. The summed E-state index contributed by atoms with van der Waals surface area (Å²) in [5.41, 5.74) is 3.40. The summed E-state index contributed by atoms with van der Waals surface area (Å²) in [4.78, 5) is 9.63. The van der Waals surface area contributed by atoms with Crippen LogP contribution in [-0.4, -0.2) is 9.97 Å². The summed E-state index contributed by atoms with van der Waals surface area (Å²) in [5, 5.41) is 4.50. The van der Waals surface area contributed by atoms with Gasteiger partial charge in [0.15, 0.2) is 0 Å². The minimum atomic E-state index is -0.688. The molecule has 6 heteroatoms. The van der Waals surface area contributed by atoms with Gasteiger partial charge in [0, 0.05) is 28.4 Å². The molecule has 0 fully saturated rings. The molecule has 0 atom stereocenters. The Balaban J connectivity index is 0.00000259. The van der Waals surface area contributed by atoms with Gasteiger partial charge in [-0.2, -0.15) is 0 Å². The van der Waals surface area contributed by atoms with E-state index in [4.69, 9.17) is 4.98 Å². The molecule has 5 aromatic rings. The second-order valence-electron chi connectivity index (χ2n) is 8.06. The van der Waals surface area contributed by atoms with Gasteiger partial charge in [0.2, 0.25) is 0 Å². The zero-order valence-electron chi connectivity index (χ0n) is 17.8. The second kappa shape index (κ2) is 9.24. The van der Waals surface area contributed by atoms with Gasteiger partial charge in [0.25, 0.3) is 0 Å². The number of thiophene rings is 1. The molecule has 166 valence electrons. The molecule has 0 saturated heterocycles. The molecule has 0 aliphatic rings. The first-order valence-electron chi connectivity index (χ1n) is 10.2. The maximum absolute atomic E-state index is 14.3. The smallest absolute Gasteiger partial charge is 0.300 e. The van der Waals surface area contributed by atoms with E-state index in [0.29, 0.717) is 5.69 Å². The zero-order chi connectivity index (χ0) is 22.3.